The molecule has 0 unspecified atom stereocenters. The van der Waals surface area contributed by atoms with Crippen LogP contribution in [0.4, 0.5) is 5.69 Å². The van der Waals surface area contributed by atoms with Crippen molar-refractivity contribution in [3.63, 3.8) is 0 Å². The number of ether oxygens (including phenoxy) is 2. The zero-order chi connectivity index (χ0) is 15.7. The molecule has 0 saturated carbocycles. The maximum atomic E-state index is 11.6. The van der Waals surface area contributed by atoms with Crippen LogP contribution < -0.4 is 15.4 Å². The highest BCUT2D eigenvalue weighted by Gasteiger charge is 2.09. The highest BCUT2D eigenvalue weighted by atomic mass is 32.1. The molecular formula is C14H18N2O4S. The van der Waals surface area contributed by atoms with Crippen LogP contribution in [0, 0.1) is 0 Å². The predicted molar refractivity (Wildman–Crippen MR) is 83.2 cm³/mol. The number of thiocarbonyl (C=S) groups is 1. The second kappa shape index (κ2) is 8.91. The van der Waals surface area contributed by atoms with E-state index in [-0.39, 0.29) is 23.9 Å². The smallest absolute Gasteiger partial charge is 0.306 e. The standard InChI is InChI=1S/C14H18N2O4S/c1-3-20-13(18)9-8-12(17)16-14(21)15-10-4-6-11(19-2)7-5-10/h4-7H,3,8-9H2,1-2H3,(H2,15,16,17,21). The van der Waals surface area contributed by atoms with Gasteiger partial charge in [0.15, 0.2) is 5.11 Å². The third-order valence-corrected chi connectivity index (χ3v) is 2.67. The lowest BCUT2D eigenvalue weighted by Gasteiger charge is -2.10. The van der Waals surface area contributed by atoms with Crippen molar-refractivity contribution < 1.29 is 19.1 Å². The summed E-state index contributed by atoms with van der Waals surface area (Å²) in [6, 6.07) is 7.09. The van der Waals surface area contributed by atoms with E-state index in [1.165, 1.54) is 0 Å². The van der Waals surface area contributed by atoms with E-state index in [4.69, 9.17) is 21.7 Å². The molecule has 0 radical (unpaired) electrons. The van der Waals surface area contributed by atoms with Crippen molar-refractivity contribution in [3.8, 4) is 5.75 Å². The average Bonchev–Trinajstić information content (AvgIpc) is 2.46. The van der Waals surface area contributed by atoms with E-state index in [1.807, 2.05) is 0 Å². The molecule has 1 aromatic rings. The van der Waals surface area contributed by atoms with Crippen molar-refractivity contribution in [2.75, 3.05) is 19.0 Å². The Morgan fingerprint density at radius 2 is 1.86 bits per heavy atom. The van der Waals surface area contributed by atoms with Gasteiger partial charge in [0.2, 0.25) is 5.91 Å². The summed E-state index contributed by atoms with van der Waals surface area (Å²) in [7, 11) is 1.58. The molecule has 0 heterocycles. The Balaban J connectivity index is 2.35. The number of anilines is 1. The molecule has 2 N–H and O–H groups in total. The quantitative estimate of drug-likeness (QED) is 0.617. The second-order valence-electron chi connectivity index (χ2n) is 4.04. The number of methoxy groups -OCH3 is 1. The van der Waals surface area contributed by atoms with Crippen LogP contribution in [0.2, 0.25) is 0 Å². The molecule has 0 aromatic heterocycles. The van der Waals surface area contributed by atoms with E-state index in [2.05, 4.69) is 10.6 Å². The van der Waals surface area contributed by atoms with E-state index in [9.17, 15) is 9.59 Å². The van der Waals surface area contributed by atoms with Crippen molar-refractivity contribution in [3.05, 3.63) is 24.3 Å². The summed E-state index contributed by atoms with van der Waals surface area (Å²) in [5.74, 6) is -0.0133. The molecule has 0 spiro atoms. The van der Waals surface area contributed by atoms with Crippen LogP contribution in [0.5, 0.6) is 5.75 Å². The molecule has 1 rings (SSSR count). The summed E-state index contributed by atoms with van der Waals surface area (Å²) in [5.41, 5.74) is 0.728. The minimum absolute atomic E-state index is 0.0310. The number of carbonyl (C=O) groups is 2. The normalized spacial score (nSPS) is 9.62. The molecule has 0 saturated heterocycles. The van der Waals surface area contributed by atoms with Gasteiger partial charge in [-0.25, -0.2) is 0 Å². The SMILES string of the molecule is CCOC(=O)CCC(=O)NC(=S)Nc1ccc(OC)cc1. The number of amides is 1. The van der Waals surface area contributed by atoms with Gasteiger partial charge in [-0.3, -0.25) is 9.59 Å². The van der Waals surface area contributed by atoms with Gasteiger partial charge in [0.1, 0.15) is 5.75 Å². The van der Waals surface area contributed by atoms with Gasteiger partial charge >= 0.3 is 5.97 Å². The summed E-state index contributed by atoms with van der Waals surface area (Å²) in [6.07, 6.45) is 0.0636. The lowest BCUT2D eigenvalue weighted by atomic mass is 10.3. The first-order chi connectivity index (χ1) is 10.0. The zero-order valence-electron chi connectivity index (χ0n) is 12.0. The van der Waals surface area contributed by atoms with Gasteiger partial charge in [0, 0.05) is 12.1 Å². The largest absolute Gasteiger partial charge is 0.497 e. The van der Waals surface area contributed by atoms with Gasteiger partial charge in [-0.05, 0) is 43.4 Å². The minimum atomic E-state index is -0.401. The maximum Gasteiger partial charge on any atom is 0.306 e. The van der Waals surface area contributed by atoms with Gasteiger partial charge in [-0.15, -0.1) is 0 Å². The summed E-state index contributed by atoms with van der Waals surface area (Å²) in [5, 5.41) is 5.54. The van der Waals surface area contributed by atoms with Crippen LogP contribution in [0.15, 0.2) is 24.3 Å². The van der Waals surface area contributed by atoms with Crippen LogP contribution in [-0.4, -0.2) is 30.7 Å². The summed E-state index contributed by atoms with van der Waals surface area (Å²) >= 11 is 5.01. The highest BCUT2D eigenvalue weighted by Crippen LogP contribution is 2.14. The summed E-state index contributed by atoms with van der Waals surface area (Å²) in [4.78, 5) is 22.7. The first kappa shape index (κ1) is 16.9. The highest BCUT2D eigenvalue weighted by molar-refractivity contribution is 7.80. The van der Waals surface area contributed by atoms with Crippen molar-refractivity contribution in [1.82, 2.24) is 5.32 Å². The maximum absolute atomic E-state index is 11.6. The molecule has 7 heteroatoms. The first-order valence-electron chi connectivity index (χ1n) is 6.45. The Kier molecular flexibility index (Phi) is 7.17. The van der Waals surface area contributed by atoms with E-state index in [0.29, 0.717) is 6.61 Å². The fourth-order valence-electron chi connectivity index (χ4n) is 1.47. The Bertz CT molecular complexity index is 502. The number of hydrogen-bond acceptors (Lipinski definition) is 5. The molecule has 0 aliphatic heterocycles. The van der Waals surface area contributed by atoms with E-state index < -0.39 is 5.97 Å². The van der Waals surface area contributed by atoms with Crippen molar-refractivity contribution in [2.24, 2.45) is 0 Å². The lowest BCUT2D eigenvalue weighted by Crippen LogP contribution is -2.34. The van der Waals surface area contributed by atoms with E-state index >= 15 is 0 Å². The van der Waals surface area contributed by atoms with Gasteiger partial charge < -0.3 is 20.1 Å². The number of rotatable bonds is 6. The van der Waals surface area contributed by atoms with Gasteiger partial charge in [0.05, 0.1) is 20.1 Å². The van der Waals surface area contributed by atoms with Gasteiger partial charge in [-0.2, -0.15) is 0 Å². The Hall–Kier alpha value is -2.15. The second-order valence-corrected chi connectivity index (χ2v) is 4.44. The zero-order valence-corrected chi connectivity index (χ0v) is 12.8. The van der Waals surface area contributed by atoms with Crippen molar-refractivity contribution >= 4 is 34.9 Å². The fraction of sp³-hybridized carbons (Fsp3) is 0.357. The monoisotopic (exact) mass is 310 g/mol. The predicted octanol–water partition coefficient (Wildman–Crippen LogP) is 1.85. The number of nitrogens with one attached hydrogen (secondary N) is 2. The van der Waals surface area contributed by atoms with Gasteiger partial charge in [-0.1, -0.05) is 0 Å². The fourth-order valence-corrected chi connectivity index (χ4v) is 1.71. The number of benzene rings is 1. The first-order valence-corrected chi connectivity index (χ1v) is 6.86. The molecule has 0 bridgehead atoms. The average molecular weight is 310 g/mol. The third-order valence-electron chi connectivity index (χ3n) is 2.46. The Morgan fingerprint density at radius 1 is 1.19 bits per heavy atom. The van der Waals surface area contributed by atoms with Crippen LogP contribution in [0.1, 0.15) is 19.8 Å². The van der Waals surface area contributed by atoms with Crippen LogP contribution in [-0.2, 0) is 14.3 Å². The molecule has 0 aliphatic carbocycles. The van der Waals surface area contributed by atoms with E-state index in [1.54, 1.807) is 38.3 Å². The third kappa shape index (κ3) is 6.71. The molecule has 21 heavy (non-hydrogen) atoms. The molecular weight excluding hydrogens is 292 g/mol. The number of hydrogen-bond donors (Lipinski definition) is 2. The molecule has 0 atom stereocenters. The lowest BCUT2D eigenvalue weighted by molar-refractivity contribution is -0.144. The number of carbonyl (C=O) groups excluding carboxylic acids is 2. The number of esters is 1. The van der Waals surface area contributed by atoms with Crippen LogP contribution in [0.25, 0.3) is 0 Å². The van der Waals surface area contributed by atoms with Crippen molar-refractivity contribution in [2.45, 2.75) is 19.8 Å². The Morgan fingerprint density at radius 3 is 2.43 bits per heavy atom. The minimum Gasteiger partial charge on any atom is -0.497 e. The summed E-state index contributed by atoms with van der Waals surface area (Å²) in [6.45, 7) is 2.02. The molecule has 1 amide bonds. The molecule has 0 fully saturated rings. The van der Waals surface area contributed by atoms with Crippen LogP contribution in [0.3, 0.4) is 0 Å². The van der Waals surface area contributed by atoms with Crippen LogP contribution >= 0.6 is 12.2 Å². The Labute approximate surface area is 128 Å². The molecule has 1 aromatic carbocycles. The van der Waals surface area contributed by atoms with Gasteiger partial charge in [0.25, 0.3) is 0 Å². The molecule has 0 aliphatic rings. The molecule has 6 nitrogen and oxygen atoms in total. The van der Waals surface area contributed by atoms with Crippen molar-refractivity contribution in [1.29, 1.82) is 0 Å². The summed E-state index contributed by atoms with van der Waals surface area (Å²) < 4.78 is 9.77. The topological polar surface area (TPSA) is 76.7 Å². The van der Waals surface area contributed by atoms with E-state index in [0.717, 1.165) is 11.4 Å². The molecule has 114 valence electrons.